The molecule has 2 heterocycles. The summed E-state index contributed by atoms with van der Waals surface area (Å²) < 4.78 is 5.58. The van der Waals surface area contributed by atoms with Crippen LogP contribution in [0.1, 0.15) is 44.8 Å². The molecule has 0 aliphatic carbocycles. The lowest BCUT2D eigenvalue weighted by atomic mass is 10.0. The standard InChI is InChI=1S/C26H25N3O3S/c1-4-20-25(17(3)19-10-6-8-12-22(19)28-20)26(31)32-14-18-15-33-24(27-18)13-23(30)29-21-11-7-5-9-16(21)2/h5-12,15H,4,13-14H2,1-3H3,(H,29,30). The first-order valence-electron chi connectivity index (χ1n) is 10.8. The zero-order valence-corrected chi connectivity index (χ0v) is 19.7. The first-order valence-corrected chi connectivity index (χ1v) is 11.7. The number of fused-ring (bicyclic) bond motifs is 1. The number of nitrogens with zero attached hydrogens (tertiary/aromatic N) is 2. The fraction of sp³-hybridized carbons (Fsp3) is 0.231. The van der Waals surface area contributed by atoms with E-state index in [4.69, 9.17) is 4.74 Å². The van der Waals surface area contributed by atoms with E-state index in [9.17, 15) is 9.59 Å². The number of benzene rings is 2. The van der Waals surface area contributed by atoms with Crippen LogP contribution in [0.15, 0.2) is 53.9 Å². The van der Waals surface area contributed by atoms with Crippen LogP contribution in [0.2, 0.25) is 0 Å². The second-order valence-corrected chi connectivity index (χ2v) is 8.72. The van der Waals surface area contributed by atoms with Gasteiger partial charge < -0.3 is 10.1 Å². The Kier molecular flexibility index (Phi) is 6.79. The van der Waals surface area contributed by atoms with Crippen LogP contribution < -0.4 is 5.32 Å². The van der Waals surface area contributed by atoms with Gasteiger partial charge in [-0.1, -0.05) is 43.3 Å². The van der Waals surface area contributed by atoms with Crippen molar-refractivity contribution in [3.05, 3.63) is 87.0 Å². The summed E-state index contributed by atoms with van der Waals surface area (Å²) >= 11 is 1.38. The number of nitrogens with one attached hydrogen (secondary N) is 1. The van der Waals surface area contributed by atoms with Gasteiger partial charge in [0.2, 0.25) is 5.91 Å². The maximum absolute atomic E-state index is 12.9. The number of thiazole rings is 1. The number of hydrogen-bond donors (Lipinski definition) is 1. The van der Waals surface area contributed by atoms with Crippen LogP contribution in [0, 0.1) is 13.8 Å². The van der Waals surface area contributed by atoms with Crippen molar-refractivity contribution in [3.63, 3.8) is 0 Å². The molecule has 4 rings (SSSR count). The van der Waals surface area contributed by atoms with Crippen LogP contribution in [-0.2, 0) is 29.0 Å². The summed E-state index contributed by atoms with van der Waals surface area (Å²) in [6, 6.07) is 15.4. The number of rotatable bonds is 7. The minimum atomic E-state index is -0.408. The van der Waals surface area contributed by atoms with Crippen molar-refractivity contribution in [2.75, 3.05) is 5.32 Å². The fourth-order valence-corrected chi connectivity index (χ4v) is 4.50. The Balaban J connectivity index is 1.41. The van der Waals surface area contributed by atoms with Gasteiger partial charge >= 0.3 is 5.97 Å². The Labute approximate surface area is 196 Å². The molecule has 0 saturated carbocycles. The third-order valence-electron chi connectivity index (χ3n) is 5.45. The average molecular weight is 460 g/mol. The Bertz CT molecular complexity index is 1330. The van der Waals surface area contributed by atoms with E-state index in [0.717, 1.165) is 33.4 Å². The molecule has 1 amide bonds. The first-order chi connectivity index (χ1) is 16.0. The summed E-state index contributed by atoms with van der Waals surface area (Å²) in [5.41, 5.74) is 5.40. The number of esters is 1. The van der Waals surface area contributed by atoms with Gasteiger partial charge in [-0.25, -0.2) is 9.78 Å². The highest BCUT2D eigenvalue weighted by Crippen LogP contribution is 2.24. The van der Waals surface area contributed by atoms with E-state index in [1.54, 1.807) is 0 Å². The molecule has 7 heteroatoms. The Morgan fingerprint density at radius 3 is 2.58 bits per heavy atom. The normalized spacial score (nSPS) is 10.9. The molecule has 1 N–H and O–H groups in total. The monoisotopic (exact) mass is 459 g/mol. The number of pyridine rings is 1. The Morgan fingerprint density at radius 2 is 1.79 bits per heavy atom. The molecular weight excluding hydrogens is 434 g/mol. The van der Waals surface area contributed by atoms with Gasteiger partial charge in [0.25, 0.3) is 0 Å². The van der Waals surface area contributed by atoms with E-state index in [0.29, 0.717) is 22.7 Å². The molecule has 168 valence electrons. The largest absolute Gasteiger partial charge is 0.455 e. The minimum Gasteiger partial charge on any atom is -0.455 e. The van der Waals surface area contributed by atoms with Gasteiger partial charge in [-0.05, 0) is 43.5 Å². The number of ether oxygens (including phenoxy) is 1. The van der Waals surface area contributed by atoms with Gasteiger partial charge in [-0.2, -0.15) is 0 Å². The van der Waals surface area contributed by atoms with Gasteiger partial charge in [-0.15, -0.1) is 11.3 Å². The maximum Gasteiger partial charge on any atom is 0.340 e. The quantitative estimate of drug-likeness (QED) is 0.374. The SMILES string of the molecule is CCc1nc2ccccc2c(C)c1C(=O)OCc1csc(CC(=O)Nc2ccccc2C)n1. The minimum absolute atomic E-state index is 0.0458. The van der Waals surface area contributed by atoms with Crippen molar-refractivity contribution in [2.24, 2.45) is 0 Å². The molecule has 0 spiro atoms. The molecule has 0 aliphatic rings. The van der Waals surface area contributed by atoms with Gasteiger partial charge in [0.05, 0.1) is 28.9 Å². The van der Waals surface area contributed by atoms with Crippen molar-refractivity contribution in [2.45, 2.75) is 40.2 Å². The molecule has 0 bridgehead atoms. The molecule has 0 radical (unpaired) electrons. The Hall–Kier alpha value is -3.58. The van der Waals surface area contributed by atoms with E-state index in [1.165, 1.54) is 11.3 Å². The second kappa shape index (κ2) is 9.92. The molecule has 33 heavy (non-hydrogen) atoms. The van der Waals surface area contributed by atoms with Crippen molar-refractivity contribution in [1.29, 1.82) is 0 Å². The fourth-order valence-electron chi connectivity index (χ4n) is 3.72. The molecule has 0 aliphatic heterocycles. The maximum atomic E-state index is 12.9. The summed E-state index contributed by atoms with van der Waals surface area (Å²) in [4.78, 5) is 34.4. The van der Waals surface area contributed by atoms with E-state index in [1.807, 2.05) is 74.7 Å². The number of hydrogen-bond acceptors (Lipinski definition) is 6. The number of aryl methyl sites for hydroxylation is 3. The topological polar surface area (TPSA) is 81.2 Å². The molecule has 0 atom stereocenters. The van der Waals surface area contributed by atoms with Crippen molar-refractivity contribution in [3.8, 4) is 0 Å². The van der Waals surface area contributed by atoms with Crippen molar-refractivity contribution >= 4 is 39.8 Å². The highest BCUT2D eigenvalue weighted by atomic mass is 32.1. The molecule has 2 aromatic carbocycles. The summed E-state index contributed by atoms with van der Waals surface area (Å²) in [5.74, 6) is -0.540. The van der Waals surface area contributed by atoms with Crippen molar-refractivity contribution in [1.82, 2.24) is 9.97 Å². The van der Waals surface area contributed by atoms with Crippen LogP contribution in [-0.4, -0.2) is 21.8 Å². The van der Waals surface area contributed by atoms with Crippen molar-refractivity contribution < 1.29 is 14.3 Å². The number of para-hydroxylation sites is 2. The van der Waals surface area contributed by atoms with Crippen LogP contribution in [0.3, 0.4) is 0 Å². The third-order valence-corrected chi connectivity index (χ3v) is 6.35. The van der Waals surface area contributed by atoms with E-state index in [2.05, 4.69) is 15.3 Å². The predicted molar refractivity (Wildman–Crippen MR) is 131 cm³/mol. The van der Waals surface area contributed by atoms with E-state index in [-0.39, 0.29) is 18.9 Å². The number of anilines is 1. The van der Waals surface area contributed by atoms with Crippen LogP contribution >= 0.6 is 11.3 Å². The number of amides is 1. The first kappa shape index (κ1) is 22.6. The summed E-state index contributed by atoms with van der Waals surface area (Å²) in [6.07, 6.45) is 0.799. The van der Waals surface area contributed by atoms with Gasteiger partial charge in [0, 0.05) is 16.5 Å². The molecule has 0 saturated heterocycles. The molecule has 4 aromatic rings. The second-order valence-electron chi connectivity index (χ2n) is 7.78. The van der Waals surface area contributed by atoms with E-state index < -0.39 is 5.97 Å². The number of carbonyl (C=O) groups is 2. The smallest absolute Gasteiger partial charge is 0.340 e. The summed E-state index contributed by atoms with van der Waals surface area (Å²) in [5, 5.41) is 6.34. The molecule has 2 aromatic heterocycles. The van der Waals surface area contributed by atoms with E-state index >= 15 is 0 Å². The highest BCUT2D eigenvalue weighted by molar-refractivity contribution is 7.09. The molecule has 0 unspecified atom stereocenters. The lowest BCUT2D eigenvalue weighted by Crippen LogP contribution is -2.15. The molecule has 0 fully saturated rings. The molecule has 6 nitrogen and oxygen atoms in total. The summed E-state index contributed by atoms with van der Waals surface area (Å²) in [6.45, 7) is 5.89. The predicted octanol–water partition coefficient (Wildman–Crippen LogP) is 5.41. The van der Waals surface area contributed by atoms with Crippen LogP contribution in [0.25, 0.3) is 10.9 Å². The van der Waals surface area contributed by atoms with Crippen LogP contribution in [0.4, 0.5) is 5.69 Å². The highest BCUT2D eigenvalue weighted by Gasteiger charge is 2.20. The van der Waals surface area contributed by atoms with Crippen LogP contribution in [0.5, 0.6) is 0 Å². The third kappa shape index (κ3) is 5.09. The lowest BCUT2D eigenvalue weighted by molar-refractivity contribution is -0.115. The average Bonchev–Trinajstić information content (AvgIpc) is 3.26. The van der Waals surface area contributed by atoms with Gasteiger partial charge in [0.1, 0.15) is 11.6 Å². The Morgan fingerprint density at radius 1 is 1.03 bits per heavy atom. The zero-order chi connectivity index (χ0) is 23.4. The number of carbonyl (C=O) groups excluding carboxylic acids is 2. The lowest BCUT2D eigenvalue weighted by Gasteiger charge is -2.13. The summed E-state index contributed by atoms with van der Waals surface area (Å²) in [7, 11) is 0. The van der Waals surface area contributed by atoms with Gasteiger partial charge in [-0.3, -0.25) is 9.78 Å². The molecular formula is C26H25N3O3S. The zero-order valence-electron chi connectivity index (χ0n) is 18.8. The number of aromatic nitrogens is 2. The van der Waals surface area contributed by atoms with Gasteiger partial charge in [0.15, 0.2) is 0 Å².